The summed E-state index contributed by atoms with van der Waals surface area (Å²) in [5, 5.41) is 9.42. The lowest BCUT2D eigenvalue weighted by Gasteiger charge is -2.30. The van der Waals surface area contributed by atoms with Gasteiger partial charge in [-0.1, -0.05) is 0 Å². The van der Waals surface area contributed by atoms with Gasteiger partial charge < -0.3 is 9.73 Å². The van der Waals surface area contributed by atoms with Crippen molar-refractivity contribution in [1.82, 2.24) is 19.8 Å². The summed E-state index contributed by atoms with van der Waals surface area (Å²) in [6.45, 7) is 1.29. The Labute approximate surface area is 152 Å². The average Bonchev–Trinajstić information content (AvgIpc) is 3.12. The van der Waals surface area contributed by atoms with Gasteiger partial charge >= 0.3 is 0 Å². The number of furan rings is 1. The Morgan fingerprint density at radius 3 is 2.88 bits per heavy atom. The largest absolute Gasteiger partial charge is 0.442 e. The number of rotatable bonds is 6. The van der Waals surface area contributed by atoms with Crippen molar-refractivity contribution in [3.63, 3.8) is 0 Å². The topological polar surface area (TPSA) is 108 Å². The van der Waals surface area contributed by atoms with E-state index >= 15 is 0 Å². The van der Waals surface area contributed by atoms with E-state index in [4.69, 9.17) is 4.42 Å². The third kappa shape index (κ3) is 3.54. The minimum atomic E-state index is -3.77. The van der Waals surface area contributed by atoms with Crippen molar-refractivity contribution >= 4 is 15.9 Å². The summed E-state index contributed by atoms with van der Waals surface area (Å²) < 4.78 is 32.7. The molecule has 140 valence electrons. The van der Waals surface area contributed by atoms with Crippen LogP contribution in [0.1, 0.15) is 25.7 Å². The van der Waals surface area contributed by atoms with Crippen LogP contribution >= 0.6 is 0 Å². The van der Waals surface area contributed by atoms with Crippen molar-refractivity contribution in [2.24, 2.45) is 11.8 Å². The van der Waals surface area contributed by atoms with Gasteiger partial charge in [0.2, 0.25) is 11.0 Å². The van der Waals surface area contributed by atoms with E-state index in [1.165, 1.54) is 23.2 Å². The Morgan fingerprint density at radius 1 is 1.31 bits per heavy atom. The number of hydrogen-bond donors (Lipinski definition) is 2. The summed E-state index contributed by atoms with van der Waals surface area (Å²) in [4.78, 5) is 12.3. The first-order valence-corrected chi connectivity index (χ1v) is 10.4. The lowest BCUT2D eigenvalue weighted by molar-refractivity contribution is -0.126. The average molecular weight is 378 g/mol. The van der Waals surface area contributed by atoms with E-state index in [9.17, 15) is 13.2 Å². The highest BCUT2D eigenvalue weighted by atomic mass is 32.2. The van der Waals surface area contributed by atoms with Gasteiger partial charge in [0, 0.05) is 25.8 Å². The first-order chi connectivity index (χ1) is 12.5. The van der Waals surface area contributed by atoms with Gasteiger partial charge in [-0.25, -0.2) is 8.42 Å². The van der Waals surface area contributed by atoms with Crippen molar-refractivity contribution in [2.45, 2.75) is 30.8 Å². The van der Waals surface area contributed by atoms with E-state index in [0.717, 1.165) is 0 Å². The van der Waals surface area contributed by atoms with Crippen molar-refractivity contribution in [3.05, 3.63) is 24.4 Å². The summed E-state index contributed by atoms with van der Waals surface area (Å²) in [6, 6.07) is 4.75. The molecule has 1 aliphatic heterocycles. The van der Waals surface area contributed by atoms with Crippen LogP contribution in [0.5, 0.6) is 0 Å². The highest BCUT2D eigenvalue weighted by Crippen LogP contribution is 2.29. The number of aromatic amines is 1. The predicted octanol–water partition coefficient (Wildman–Crippen LogP) is 1.60. The first-order valence-electron chi connectivity index (χ1n) is 8.91. The van der Waals surface area contributed by atoms with Crippen LogP contribution in [0.4, 0.5) is 0 Å². The van der Waals surface area contributed by atoms with Gasteiger partial charge in [-0.2, -0.15) is 9.40 Å². The second-order valence-electron chi connectivity index (χ2n) is 6.98. The number of amides is 1. The van der Waals surface area contributed by atoms with Crippen LogP contribution in [0.2, 0.25) is 0 Å². The van der Waals surface area contributed by atoms with E-state index in [2.05, 4.69) is 15.5 Å². The predicted molar refractivity (Wildman–Crippen MR) is 93.5 cm³/mol. The zero-order valence-corrected chi connectivity index (χ0v) is 15.2. The molecule has 2 aromatic heterocycles. The second-order valence-corrected chi connectivity index (χ2v) is 8.85. The highest BCUT2D eigenvalue weighted by molar-refractivity contribution is 7.89. The zero-order chi connectivity index (χ0) is 18.1. The summed E-state index contributed by atoms with van der Waals surface area (Å²) in [5.41, 5.74) is 0.613. The maximum absolute atomic E-state index is 12.9. The molecule has 1 aliphatic carbocycles. The van der Waals surface area contributed by atoms with Crippen molar-refractivity contribution < 1.29 is 17.6 Å². The number of hydrogen-bond acceptors (Lipinski definition) is 5. The molecule has 3 heterocycles. The van der Waals surface area contributed by atoms with Gasteiger partial charge in [0.1, 0.15) is 5.69 Å². The van der Waals surface area contributed by atoms with Gasteiger partial charge in [0.25, 0.3) is 10.0 Å². The fraction of sp³-hybridized carbons (Fsp3) is 0.529. The summed E-state index contributed by atoms with van der Waals surface area (Å²) in [5.74, 6) is 0.664. The number of aromatic nitrogens is 2. The van der Waals surface area contributed by atoms with E-state index in [1.54, 1.807) is 18.3 Å². The standard InChI is InChI=1S/C17H22N4O4S/c22-17(18-10-12-3-4-12)13-2-1-9-21(11-13)26(23,24)16-6-5-15(25-16)14-7-8-19-20-14/h5-8,12-13H,1-4,9-11H2,(H,18,22)(H,19,20). The number of H-pyrrole nitrogens is 1. The molecule has 2 aromatic rings. The molecule has 8 nitrogen and oxygen atoms in total. The molecule has 2 aliphatic rings. The van der Waals surface area contributed by atoms with Gasteiger partial charge in [-0.3, -0.25) is 9.89 Å². The van der Waals surface area contributed by atoms with Crippen molar-refractivity contribution in [1.29, 1.82) is 0 Å². The number of nitrogens with one attached hydrogen (secondary N) is 2. The lowest BCUT2D eigenvalue weighted by atomic mass is 9.99. The SMILES string of the molecule is O=C(NCC1CC1)C1CCCN(S(=O)(=O)c2ccc(-c3ccn[nH]3)o2)C1. The van der Waals surface area contributed by atoms with Gasteiger partial charge in [-0.15, -0.1) is 0 Å². The quantitative estimate of drug-likeness (QED) is 0.794. The molecule has 0 bridgehead atoms. The molecule has 1 atom stereocenters. The van der Waals surface area contributed by atoms with Gasteiger partial charge in [0.05, 0.1) is 5.92 Å². The van der Waals surface area contributed by atoms with Crippen LogP contribution < -0.4 is 5.32 Å². The number of carbonyl (C=O) groups excluding carboxylic acids is 1. The maximum atomic E-state index is 12.9. The van der Waals surface area contributed by atoms with Crippen LogP contribution in [0.3, 0.4) is 0 Å². The van der Waals surface area contributed by atoms with E-state index < -0.39 is 10.0 Å². The van der Waals surface area contributed by atoms with Crippen molar-refractivity contribution in [2.75, 3.05) is 19.6 Å². The third-order valence-corrected chi connectivity index (χ3v) is 6.70. The molecular formula is C17H22N4O4S. The first kappa shape index (κ1) is 17.3. The molecule has 1 saturated heterocycles. The highest BCUT2D eigenvalue weighted by Gasteiger charge is 2.35. The Kier molecular flexibility index (Phi) is 4.58. The molecule has 2 N–H and O–H groups in total. The molecule has 4 rings (SSSR count). The van der Waals surface area contributed by atoms with E-state index in [0.29, 0.717) is 43.3 Å². The summed E-state index contributed by atoms with van der Waals surface area (Å²) in [6.07, 6.45) is 5.28. The molecule has 2 fully saturated rings. The van der Waals surface area contributed by atoms with Crippen LogP contribution in [0, 0.1) is 11.8 Å². The Balaban J connectivity index is 1.45. The maximum Gasteiger partial charge on any atom is 0.276 e. The Hall–Kier alpha value is -2.13. The second kappa shape index (κ2) is 6.88. The molecule has 0 radical (unpaired) electrons. The number of carbonyl (C=O) groups is 1. The molecular weight excluding hydrogens is 356 g/mol. The molecule has 0 aromatic carbocycles. The van der Waals surface area contributed by atoms with E-state index in [-0.39, 0.29) is 23.5 Å². The third-order valence-electron chi connectivity index (χ3n) is 4.96. The molecule has 1 amide bonds. The van der Waals surface area contributed by atoms with Crippen LogP contribution in [-0.4, -0.2) is 48.5 Å². The van der Waals surface area contributed by atoms with Gasteiger partial charge in [-0.05, 0) is 49.8 Å². The minimum absolute atomic E-state index is 0.0469. The minimum Gasteiger partial charge on any atom is -0.442 e. The summed E-state index contributed by atoms with van der Waals surface area (Å²) in [7, 11) is -3.77. The fourth-order valence-corrected chi connectivity index (χ4v) is 4.65. The number of piperidine rings is 1. The molecule has 1 unspecified atom stereocenters. The molecule has 1 saturated carbocycles. The fourth-order valence-electron chi connectivity index (χ4n) is 3.21. The smallest absolute Gasteiger partial charge is 0.276 e. The Morgan fingerprint density at radius 2 is 2.15 bits per heavy atom. The normalized spacial score (nSPS) is 21.6. The molecule has 26 heavy (non-hydrogen) atoms. The zero-order valence-electron chi connectivity index (χ0n) is 14.3. The monoisotopic (exact) mass is 378 g/mol. The number of sulfonamides is 1. The lowest BCUT2D eigenvalue weighted by Crippen LogP contribution is -2.45. The Bertz CT molecular complexity index is 870. The van der Waals surface area contributed by atoms with Crippen molar-refractivity contribution in [3.8, 4) is 11.5 Å². The van der Waals surface area contributed by atoms with E-state index in [1.807, 2.05) is 0 Å². The summed E-state index contributed by atoms with van der Waals surface area (Å²) >= 11 is 0. The number of nitrogens with zero attached hydrogens (tertiary/aromatic N) is 2. The molecule has 0 spiro atoms. The van der Waals surface area contributed by atoms with Gasteiger partial charge in [0.15, 0.2) is 5.76 Å². The van der Waals surface area contributed by atoms with Crippen LogP contribution in [0.15, 0.2) is 33.9 Å². The molecule has 9 heteroatoms. The van der Waals surface area contributed by atoms with Crippen LogP contribution in [-0.2, 0) is 14.8 Å². The van der Waals surface area contributed by atoms with Crippen LogP contribution in [0.25, 0.3) is 11.5 Å².